The molecule has 0 aromatic heterocycles. The largest absolute Gasteiger partial charge is 0.356 e. The summed E-state index contributed by atoms with van der Waals surface area (Å²) in [5.74, 6) is 0.848. The third-order valence-corrected chi connectivity index (χ3v) is 1.45. The lowest BCUT2D eigenvalue weighted by Gasteiger charge is -2.06. The fourth-order valence-corrected chi connectivity index (χ4v) is 0.938. The molecule has 49 valence electrons. The molecule has 0 bridgehead atoms. The van der Waals surface area contributed by atoms with Crippen LogP contribution in [0.2, 0.25) is 0 Å². The standard InChI is InChI=1S/C8H6NO/c1-2-4-8-7(3-1)5-6-9-10-8/h1-4H,5H2. The summed E-state index contributed by atoms with van der Waals surface area (Å²) in [5, 5.41) is 3.57. The van der Waals surface area contributed by atoms with Crippen molar-refractivity contribution < 1.29 is 4.84 Å². The zero-order chi connectivity index (χ0) is 6.81. The van der Waals surface area contributed by atoms with Gasteiger partial charge in [-0.3, -0.25) is 0 Å². The molecule has 1 aromatic carbocycles. The van der Waals surface area contributed by atoms with Crippen LogP contribution in [-0.2, 0) is 6.42 Å². The molecule has 0 saturated carbocycles. The minimum atomic E-state index is 0.760. The molecule has 0 aliphatic carbocycles. The highest BCUT2D eigenvalue weighted by Crippen LogP contribution is 2.20. The van der Waals surface area contributed by atoms with E-state index in [1.165, 1.54) is 0 Å². The van der Waals surface area contributed by atoms with Gasteiger partial charge < -0.3 is 4.84 Å². The van der Waals surface area contributed by atoms with Crippen LogP contribution >= 0.6 is 0 Å². The Balaban J connectivity index is 2.47. The van der Waals surface area contributed by atoms with Gasteiger partial charge in [-0.1, -0.05) is 23.4 Å². The molecule has 0 saturated heterocycles. The van der Waals surface area contributed by atoms with E-state index in [0.29, 0.717) is 0 Å². The Labute approximate surface area is 59.1 Å². The molecule has 0 amide bonds. The number of benzene rings is 1. The molecule has 0 atom stereocenters. The number of rotatable bonds is 0. The second-order valence-electron chi connectivity index (χ2n) is 2.13. The van der Waals surface area contributed by atoms with Crippen LogP contribution in [0.15, 0.2) is 29.4 Å². The topological polar surface area (TPSA) is 21.6 Å². The molecule has 1 aliphatic rings. The van der Waals surface area contributed by atoms with Gasteiger partial charge in [0.15, 0.2) is 5.75 Å². The summed E-state index contributed by atoms with van der Waals surface area (Å²) < 4.78 is 0. The second kappa shape index (κ2) is 2.14. The number of hydrogen-bond donors (Lipinski definition) is 0. The first-order valence-corrected chi connectivity index (χ1v) is 3.14. The van der Waals surface area contributed by atoms with Gasteiger partial charge in [-0.05, 0) is 6.07 Å². The molecule has 10 heavy (non-hydrogen) atoms. The van der Waals surface area contributed by atoms with Gasteiger partial charge in [0, 0.05) is 12.0 Å². The zero-order valence-electron chi connectivity index (χ0n) is 5.37. The van der Waals surface area contributed by atoms with Gasteiger partial charge >= 0.3 is 0 Å². The SMILES string of the molecule is [C]1=NOc2ccccc2C1. The Bertz CT molecular complexity index is 241. The summed E-state index contributed by atoms with van der Waals surface area (Å²) in [6.45, 7) is 0. The molecule has 1 radical (unpaired) electrons. The van der Waals surface area contributed by atoms with Crippen molar-refractivity contribution in [2.45, 2.75) is 6.42 Å². The molecule has 1 heterocycles. The molecule has 1 aromatic rings. The van der Waals surface area contributed by atoms with Crippen molar-refractivity contribution >= 4 is 6.21 Å². The van der Waals surface area contributed by atoms with E-state index in [0.717, 1.165) is 17.7 Å². The lowest BCUT2D eigenvalue weighted by Crippen LogP contribution is -1.98. The fraction of sp³-hybridized carbons (Fsp3) is 0.125. The molecule has 0 N–H and O–H groups in total. The highest BCUT2D eigenvalue weighted by atomic mass is 16.6. The van der Waals surface area contributed by atoms with Crippen LogP contribution in [0.1, 0.15) is 5.56 Å². The average molecular weight is 132 g/mol. The van der Waals surface area contributed by atoms with E-state index >= 15 is 0 Å². The highest BCUT2D eigenvalue weighted by molar-refractivity contribution is 5.64. The number of nitrogens with zero attached hydrogens (tertiary/aromatic N) is 1. The van der Waals surface area contributed by atoms with E-state index in [4.69, 9.17) is 4.84 Å². The molecule has 0 spiro atoms. The third-order valence-electron chi connectivity index (χ3n) is 1.45. The Morgan fingerprint density at radius 1 is 1.40 bits per heavy atom. The van der Waals surface area contributed by atoms with Crippen LogP contribution in [0.3, 0.4) is 0 Å². The van der Waals surface area contributed by atoms with Crippen LogP contribution in [0.25, 0.3) is 0 Å². The van der Waals surface area contributed by atoms with Gasteiger partial charge in [-0.15, -0.1) is 0 Å². The summed E-state index contributed by atoms with van der Waals surface area (Å²) in [4.78, 5) is 4.94. The molecule has 2 rings (SSSR count). The average Bonchev–Trinajstić information content (AvgIpc) is 2.05. The van der Waals surface area contributed by atoms with Gasteiger partial charge in [-0.25, -0.2) is 0 Å². The number of fused-ring (bicyclic) bond motifs is 1. The van der Waals surface area contributed by atoms with Crippen LogP contribution in [0.4, 0.5) is 0 Å². The monoisotopic (exact) mass is 132 g/mol. The van der Waals surface area contributed by atoms with E-state index in [1.54, 1.807) is 0 Å². The van der Waals surface area contributed by atoms with Crippen LogP contribution in [0.5, 0.6) is 5.75 Å². The van der Waals surface area contributed by atoms with E-state index in [1.807, 2.05) is 24.3 Å². The molecule has 1 aliphatic heterocycles. The zero-order valence-corrected chi connectivity index (χ0v) is 5.37. The van der Waals surface area contributed by atoms with Crippen molar-refractivity contribution in [2.75, 3.05) is 0 Å². The molecular weight excluding hydrogens is 126 g/mol. The van der Waals surface area contributed by atoms with Gasteiger partial charge in [0.2, 0.25) is 0 Å². The van der Waals surface area contributed by atoms with Gasteiger partial charge in [0.25, 0.3) is 0 Å². The molecule has 0 unspecified atom stereocenters. The minimum absolute atomic E-state index is 0.760. The maximum Gasteiger partial charge on any atom is 0.161 e. The molecule has 2 nitrogen and oxygen atoms in total. The lowest BCUT2D eigenvalue weighted by molar-refractivity contribution is 0.334. The number of hydrogen-bond acceptors (Lipinski definition) is 2. The van der Waals surface area contributed by atoms with E-state index < -0.39 is 0 Å². The third kappa shape index (κ3) is 0.778. The summed E-state index contributed by atoms with van der Waals surface area (Å²) >= 11 is 0. The summed E-state index contributed by atoms with van der Waals surface area (Å²) in [6.07, 6.45) is 3.50. The highest BCUT2D eigenvalue weighted by Gasteiger charge is 2.04. The molecule has 0 fully saturated rings. The smallest absolute Gasteiger partial charge is 0.161 e. The van der Waals surface area contributed by atoms with Crippen LogP contribution in [-0.4, -0.2) is 6.21 Å². The van der Waals surface area contributed by atoms with Gasteiger partial charge in [-0.2, -0.15) is 0 Å². The Kier molecular flexibility index (Phi) is 1.17. The van der Waals surface area contributed by atoms with Crippen LogP contribution < -0.4 is 4.84 Å². The van der Waals surface area contributed by atoms with E-state index in [9.17, 15) is 0 Å². The van der Waals surface area contributed by atoms with Crippen molar-refractivity contribution in [3.8, 4) is 5.75 Å². The van der Waals surface area contributed by atoms with Crippen molar-refractivity contribution in [3.63, 3.8) is 0 Å². The fourth-order valence-electron chi connectivity index (χ4n) is 0.938. The van der Waals surface area contributed by atoms with Gasteiger partial charge in [0.05, 0.1) is 0 Å². The van der Waals surface area contributed by atoms with Crippen molar-refractivity contribution in [1.29, 1.82) is 0 Å². The predicted molar refractivity (Wildman–Crippen MR) is 38.2 cm³/mol. The maximum atomic E-state index is 4.94. The Morgan fingerprint density at radius 2 is 2.30 bits per heavy atom. The summed E-state index contributed by atoms with van der Waals surface area (Å²) in [7, 11) is 0. The van der Waals surface area contributed by atoms with E-state index in [-0.39, 0.29) is 0 Å². The first kappa shape index (κ1) is 5.47. The Hall–Kier alpha value is -1.31. The first-order valence-electron chi connectivity index (χ1n) is 3.14. The maximum absolute atomic E-state index is 4.94. The van der Waals surface area contributed by atoms with E-state index in [2.05, 4.69) is 11.4 Å². The molecular formula is C8H6NO. The van der Waals surface area contributed by atoms with Crippen molar-refractivity contribution in [1.82, 2.24) is 0 Å². The minimum Gasteiger partial charge on any atom is -0.356 e. The number of para-hydroxylation sites is 1. The summed E-state index contributed by atoms with van der Waals surface area (Å²) in [6, 6.07) is 7.82. The summed E-state index contributed by atoms with van der Waals surface area (Å²) in [5.41, 5.74) is 1.15. The first-order chi connectivity index (χ1) is 4.97. The van der Waals surface area contributed by atoms with Gasteiger partial charge in [0.1, 0.15) is 6.21 Å². The molecule has 2 heteroatoms. The van der Waals surface area contributed by atoms with Crippen LogP contribution in [0, 0.1) is 0 Å². The second-order valence-corrected chi connectivity index (χ2v) is 2.13. The predicted octanol–water partition coefficient (Wildman–Crippen LogP) is 1.48. The normalized spacial score (nSPS) is 14.0. The lowest BCUT2D eigenvalue weighted by atomic mass is 10.1. The quantitative estimate of drug-likeness (QED) is 0.524. The van der Waals surface area contributed by atoms with Crippen molar-refractivity contribution in [2.24, 2.45) is 5.16 Å². The Morgan fingerprint density at radius 3 is 3.20 bits per heavy atom. The van der Waals surface area contributed by atoms with Crippen molar-refractivity contribution in [3.05, 3.63) is 29.8 Å².